The first-order valence-corrected chi connectivity index (χ1v) is 9.12. The van der Waals surface area contributed by atoms with Gasteiger partial charge in [-0.3, -0.25) is 0 Å². The van der Waals surface area contributed by atoms with Crippen LogP contribution in [0.15, 0.2) is 65.5 Å². The lowest BCUT2D eigenvalue weighted by Gasteiger charge is -2.25. The van der Waals surface area contributed by atoms with E-state index in [0.29, 0.717) is 0 Å². The fraction of sp³-hybridized carbons (Fsp3) is 0.182. The minimum Gasteiger partial charge on any atom is -0.467 e. The lowest BCUT2D eigenvalue weighted by molar-refractivity contribution is 0.174. The second-order valence-electron chi connectivity index (χ2n) is 6.80. The van der Waals surface area contributed by atoms with E-state index in [-0.39, 0.29) is 12.8 Å². The highest BCUT2D eigenvalue weighted by Crippen LogP contribution is 2.37. The van der Waals surface area contributed by atoms with Crippen LogP contribution in [0.5, 0.6) is 11.5 Å². The lowest BCUT2D eigenvalue weighted by atomic mass is 10.0. The zero-order chi connectivity index (χ0) is 19.1. The molecule has 3 heterocycles. The molecule has 0 saturated carbocycles. The van der Waals surface area contributed by atoms with Crippen LogP contribution in [0, 0.1) is 0 Å². The Labute approximate surface area is 162 Å². The van der Waals surface area contributed by atoms with Crippen molar-refractivity contribution in [1.29, 1.82) is 0 Å². The van der Waals surface area contributed by atoms with Gasteiger partial charge in [-0.25, -0.2) is 9.97 Å². The van der Waals surface area contributed by atoms with Gasteiger partial charge in [-0.2, -0.15) is 0 Å². The highest BCUT2D eigenvalue weighted by molar-refractivity contribution is 5.93. The minimum absolute atomic E-state index is 0.0438. The normalized spacial score (nSPS) is 13.6. The molecule has 0 radical (unpaired) electrons. The number of fused-ring (bicyclic) bond motifs is 2. The van der Waals surface area contributed by atoms with E-state index in [1.165, 1.54) is 0 Å². The molecule has 6 nitrogen and oxygen atoms in total. The molecule has 6 heteroatoms. The van der Waals surface area contributed by atoms with E-state index < -0.39 is 0 Å². The molecule has 0 bridgehead atoms. The van der Waals surface area contributed by atoms with Crippen LogP contribution in [0.1, 0.15) is 18.7 Å². The number of ether oxygens (including phenoxy) is 2. The molecule has 5 rings (SSSR count). The fourth-order valence-electron chi connectivity index (χ4n) is 3.48. The summed E-state index contributed by atoms with van der Waals surface area (Å²) in [7, 11) is 2.02. The van der Waals surface area contributed by atoms with Crippen molar-refractivity contribution in [1.82, 2.24) is 9.97 Å². The van der Waals surface area contributed by atoms with Gasteiger partial charge >= 0.3 is 0 Å². The van der Waals surface area contributed by atoms with E-state index in [2.05, 4.69) is 33.9 Å². The number of hydrogen-bond acceptors (Lipinski definition) is 6. The van der Waals surface area contributed by atoms with Crippen molar-refractivity contribution in [3.8, 4) is 22.6 Å². The van der Waals surface area contributed by atoms with E-state index in [1.54, 1.807) is 12.6 Å². The molecule has 0 spiro atoms. The van der Waals surface area contributed by atoms with Gasteiger partial charge in [-0.15, -0.1) is 0 Å². The smallest absolute Gasteiger partial charge is 0.231 e. The molecule has 28 heavy (non-hydrogen) atoms. The molecule has 1 unspecified atom stereocenters. The predicted molar refractivity (Wildman–Crippen MR) is 107 cm³/mol. The van der Waals surface area contributed by atoms with E-state index in [1.807, 2.05) is 43.4 Å². The van der Waals surface area contributed by atoms with Gasteiger partial charge in [0.15, 0.2) is 11.5 Å². The Morgan fingerprint density at radius 3 is 2.64 bits per heavy atom. The van der Waals surface area contributed by atoms with Crippen LogP contribution in [0.2, 0.25) is 0 Å². The Bertz CT molecular complexity index is 1140. The van der Waals surface area contributed by atoms with E-state index in [4.69, 9.17) is 13.9 Å². The summed E-state index contributed by atoms with van der Waals surface area (Å²) in [4.78, 5) is 11.1. The summed E-state index contributed by atoms with van der Waals surface area (Å²) < 4.78 is 16.5. The fourth-order valence-corrected chi connectivity index (χ4v) is 3.48. The average Bonchev–Trinajstić information content (AvgIpc) is 3.43. The van der Waals surface area contributed by atoms with Crippen molar-refractivity contribution in [2.24, 2.45) is 0 Å². The Kier molecular flexibility index (Phi) is 3.90. The Morgan fingerprint density at radius 1 is 0.964 bits per heavy atom. The van der Waals surface area contributed by atoms with Crippen LogP contribution >= 0.6 is 0 Å². The molecular weight excluding hydrogens is 354 g/mol. The van der Waals surface area contributed by atoms with Crippen LogP contribution in [0.3, 0.4) is 0 Å². The SMILES string of the molecule is CC(c1ccco1)N(C)c1ncnc2ccc(-c3ccc4c(c3)OCO4)cc12. The molecule has 2 aromatic carbocycles. The summed E-state index contributed by atoms with van der Waals surface area (Å²) in [6.45, 7) is 2.36. The molecular formula is C22H19N3O3. The summed E-state index contributed by atoms with van der Waals surface area (Å²) in [5.41, 5.74) is 3.02. The third kappa shape index (κ3) is 2.74. The number of benzene rings is 2. The first kappa shape index (κ1) is 16.6. The average molecular weight is 373 g/mol. The van der Waals surface area contributed by atoms with Gasteiger partial charge in [-0.05, 0) is 54.4 Å². The lowest BCUT2D eigenvalue weighted by Crippen LogP contribution is -2.22. The minimum atomic E-state index is 0.0438. The van der Waals surface area contributed by atoms with Crippen LogP contribution < -0.4 is 14.4 Å². The number of aromatic nitrogens is 2. The van der Waals surface area contributed by atoms with Gasteiger partial charge in [0.25, 0.3) is 0 Å². The van der Waals surface area contributed by atoms with Gasteiger partial charge in [0.05, 0.1) is 17.8 Å². The van der Waals surface area contributed by atoms with Crippen molar-refractivity contribution in [2.45, 2.75) is 13.0 Å². The molecule has 2 aromatic heterocycles. The summed E-state index contributed by atoms with van der Waals surface area (Å²) >= 11 is 0. The standard InChI is InChI=1S/C22H19N3O3/c1-14(19-4-3-9-26-19)25(2)22-17-10-15(5-7-18(17)23-12-24-22)16-6-8-20-21(11-16)28-13-27-20/h3-12,14H,13H2,1-2H3. The summed E-state index contributed by atoms with van der Waals surface area (Å²) in [5.74, 6) is 3.30. The highest BCUT2D eigenvalue weighted by Gasteiger charge is 2.19. The molecule has 0 saturated heterocycles. The molecule has 4 aromatic rings. The molecule has 1 atom stereocenters. The summed E-state index contributed by atoms with van der Waals surface area (Å²) in [6.07, 6.45) is 3.29. The van der Waals surface area contributed by atoms with E-state index in [9.17, 15) is 0 Å². The maximum Gasteiger partial charge on any atom is 0.231 e. The topological polar surface area (TPSA) is 60.6 Å². The molecule has 1 aliphatic heterocycles. The number of anilines is 1. The molecule has 140 valence electrons. The van der Waals surface area contributed by atoms with Gasteiger partial charge in [0, 0.05) is 12.4 Å². The second-order valence-corrected chi connectivity index (χ2v) is 6.80. The predicted octanol–water partition coefficient (Wildman–Crippen LogP) is 4.82. The third-order valence-electron chi connectivity index (χ3n) is 5.19. The Morgan fingerprint density at radius 2 is 1.79 bits per heavy atom. The van der Waals surface area contributed by atoms with Crippen LogP contribution in [-0.2, 0) is 0 Å². The number of furan rings is 1. The zero-order valence-electron chi connectivity index (χ0n) is 15.6. The summed E-state index contributed by atoms with van der Waals surface area (Å²) in [5, 5.41) is 0.985. The third-order valence-corrected chi connectivity index (χ3v) is 5.19. The largest absolute Gasteiger partial charge is 0.467 e. The van der Waals surface area contributed by atoms with Crippen molar-refractivity contribution in [2.75, 3.05) is 18.7 Å². The van der Waals surface area contributed by atoms with Crippen molar-refractivity contribution in [3.63, 3.8) is 0 Å². The van der Waals surface area contributed by atoms with Gasteiger partial charge in [-0.1, -0.05) is 12.1 Å². The Balaban J connectivity index is 1.58. The Hall–Kier alpha value is -3.54. The molecule has 0 fully saturated rings. The zero-order valence-corrected chi connectivity index (χ0v) is 15.6. The summed E-state index contributed by atoms with van der Waals surface area (Å²) in [6, 6.07) is 16.1. The van der Waals surface area contributed by atoms with E-state index >= 15 is 0 Å². The van der Waals surface area contributed by atoms with Gasteiger partial charge in [0.1, 0.15) is 17.9 Å². The molecule has 0 amide bonds. The van der Waals surface area contributed by atoms with Crippen LogP contribution in [0.4, 0.5) is 5.82 Å². The number of nitrogens with zero attached hydrogens (tertiary/aromatic N) is 3. The number of hydrogen-bond donors (Lipinski definition) is 0. The molecule has 0 aliphatic carbocycles. The monoisotopic (exact) mass is 373 g/mol. The van der Waals surface area contributed by atoms with Gasteiger partial charge in [0.2, 0.25) is 6.79 Å². The molecule has 0 N–H and O–H groups in total. The highest BCUT2D eigenvalue weighted by atomic mass is 16.7. The van der Waals surface area contributed by atoms with Crippen LogP contribution in [-0.4, -0.2) is 23.8 Å². The molecule has 1 aliphatic rings. The van der Waals surface area contributed by atoms with Gasteiger partial charge < -0.3 is 18.8 Å². The maximum atomic E-state index is 5.57. The number of rotatable bonds is 4. The first-order valence-electron chi connectivity index (χ1n) is 9.12. The van der Waals surface area contributed by atoms with E-state index in [0.717, 1.165) is 45.1 Å². The van der Waals surface area contributed by atoms with Crippen molar-refractivity contribution < 1.29 is 13.9 Å². The van der Waals surface area contributed by atoms with Crippen molar-refractivity contribution >= 4 is 16.7 Å². The van der Waals surface area contributed by atoms with Crippen LogP contribution in [0.25, 0.3) is 22.0 Å². The quantitative estimate of drug-likeness (QED) is 0.511. The second kappa shape index (κ2) is 6.56. The maximum absolute atomic E-state index is 5.57. The van der Waals surface area contributed by atoms with Crippen molar-refractivity contribution in [3.05, 3.63) is 66.9 Å². The first-order chi connectivity index (χ1) is 13.7.